The zero-order chi connectivity index (χ0) is 16.6. The summed E-state index contributed by atoms with van der Waals surface area (Å²) < 4.78 is 28.0. The van der Waals surface area contributed by atoms with Crippen LogP contribution in [-0.4, -0.2) is 29.4 Å². The van der Waals surface area contributed by atoms with E-state index in [0.717, 1.165) is 23.9 Å². The van der Waals surface area contributed by atoms with Crippen LogP contribution in [0.2, 0.25) is 0 Å². The molecule has 0 atom stereocenters. The zero-order valence-corrected chi connectivity index (χ0v) is 12.5. The van der Waals surface area contributed by atoms with Gasteiger partial charge in [0.15, 0.2) is 0 Å². The lowest BCUT2D eigenvalue weighted by atomic mass is 10.3. The first-order valence-electron chi connectivity index (χ1n) is 6.86. The number of carbonyl (C=O) groups excluding carboxylic acids is 1. The Morgan fingerprint density at radius 3 is 2.48 bits per heavy atom. The Morgan fingerprint density at radius 1 is 1.13 bits per heavy atom. The lowest BCUT2D eigenvalue weighted by Crippen LogP contribution is -2.12. The predicted molar refractivity (Wildman–Crippen MR) is 83.8 cm³/mol. The van der Waals surface area contributed by atoms with E-state index in [1.54, 1.807) is 16.7 Å². The number of fused-ring (bicyclic) bond motifs is 1. The molecule has 0 aliphatic carbocycles. The van der Waals surface area contributed by atoms with Gasteiger partial charge < -0.3 is 14.6 Å². The number of nitrogens with zero attached hydrogens (tertiary/aromatic N) is 3. The van der Waals surface area contributed by atoms with Crippen LogP contribution in [-0.2, 0) is 0 Å². The fourth-order valence-corrected chi connectivity index (χ4v) is 2.18. The number of hydrogen-bond acceptors (Lipinski definition) is 3. The van der Waals surface area contributed by atoms with Crippen molar-refractivity contribution in [1.82, 2.24) is 9.38 Å². The van der Waals surface area contributed by atoms with Crippen LogP contribution in [0.25, 0.3) is 5.65 Å². The van der Waals surface area contributed by atoms with Crippen LogP contribution < -0.4 is 10.2 Å². The molecule has 0 fully saturated rings. The molecule has 3 rings (SSSR count). The average molecular weight is 316 g/mol. The van der Waals surface area contributed by atoms with Gasteiger partial charge in [-0.05, 0) is 24.3 Å². The summed E-state index contributed by atoms with van der Waals surface area (Å²) in [4.78, 5) is 18.3. The Bertz CT molecular complexity index is 869. The van der Waals surface area contributed by atoms with Gasteiger partial charge in [0.05, 0.1) is 5.69 Å². The van der Waals surface area contributed by atoms with Gasteiger partial charge in [0.2, 0.25) is 0 Å². The predicted octanol–water partition coefficient (Wildman–Crippen LogP) is 2.93. The largest absolute Gasteiger partial charge is 0.376 e. The summed E-state index contributed by atoms with van der Waals surface area (Å²) in [7, 11) is 3.81. The van der Waals surface area contributed by atoms with Gasteiger partial charge in [-0.3, -0.25) is 4.79 Å². The van der Waals surface area contributed by atoms with Crippen molar-refractivity contribution in [3.05, 3.63) is 60.1 Å². The summed E-state index contributed by atoms with van der Waals surface area (Å²) in [6, 6.07) is 6.49. The highest BCUT2D eigenvalue weighted by atomic mass is 19.1. The van der Waals surface area contributed by atoms with Gasteiger partial charge >= 0.3 is 0 Å². The Kier molecular flexibility index (Phi) is 3.69. The molecule has 1 N–H and O–H groups in total. The summed E-state index contributed by atoms with van der Waals surface area (Å²) >= 11 is 0. The van der Waals surface area contributed by atoms with Crippen molar-refractivity contribution in [2.75, 3.05) is 24.3 Å². The number of amides is 1. The minimum absolute atomic E-state index is 0.0403. The molecule has 0 bridgehead atoms. The third-order valence-electron chi connectivity index (χ3n) is 3.30. The molecule has 1 amide bonds. The van der Waals surface area contributed by atoms with Crippen molar-refractivity contribution in [2.45, 2.75) is 0 Å². The second-order valence-electron chi connectivity index (χ2n) is 5.29. The van der Waals surface area contributed by atoms with Gasteiger partial charge in [0.25, 0.3) is 5.91 Å². The standard InChI is InChI=1S/C16H14F2N4O/c1-21(2)13-3-4-15-20-14(9-22(15)8-13)16(23)19-12-6-10(17)5-11(18)7-12/h3-9H,1-2H3,(H,19,23). The van der Waals surface area contributed by atoms with Crippen molar-refractivity contribution in [1.29, 1.82) is 0 Å². The lowest BCUT2D eigenvalue weighted by molar-refractivity contribution is 0.102. The topological polar surface area (TPSA) is 49.6 Å². The first kappa shape index (κ1) is 15.0. The number of imidazole rings is 1. The first-order valence-corrected chi connectivity index (χ1v) is 6.86. The SMILES string of the molecule is CN(C)c1ccc2nc(C(=O)Nc3cc(F)cc(F)c3)cn2c1. The summed E-state index contributed by atoms with van der Waals surface area (Å²) in [6.45, 7) is 0. The fraction of sp³-hybridized carbons (Fsp3) is 0.125. The monoisotopic (exact) mass is 316 g/mol. The van der Waals surface area contributed by atoms with E-state index in [9.17, 15) is 13.6 Å². The molecule has 5 nitrogen and oxygen atoms in total. The molecule has 0 unspecified atom stereocenters. The van der Waals surface area contributed by atoms with Crippen LogP contribution >= 0.6 is 0 Å². The van der Waals surface area contributed by atoms with Gasteiger partial charge in [-0.2, -0.15) is 0 Å². The van der Waals surface area contributed by atoms with Gasteiger partial charge in [-0.15, -0.1) is 0 Å². The summed E-state index contributed by atoms with van der Waals surface area (Å²) in [5.74, 6) is -2.05. The normalized spacial score (nSPS) is 10.8. The Labute approximate surface area is 131 Å². The minimum atomic E-state index is -0.758. The molecule has 0 aliphatic heterocycles. The van der Waals surface area contributed by atoms with Gasteiger partial charge in [-0.25, -0.2) is 13.8 Å². The highest BCUT2D eigenvalue weighted by Crippen LogP contribution is 2.16. The molecular weight excluding hydrogens is 302 g/mol. The molecule has 0 saturated heterocycles. The minimum Gasteiger partial charge on any atom is -0.376 e. The van der Waals surface area contributed by atoms with Crippen molar-refractivity contribution in [3.63, 3.8) is 0 Å². The maximum atomic E-state index is 13.2. The molecule has 118 valence electrons. The number of nitrogens with one attached hydrogen (secondary N) is 1. The average Bonchev–Trinajstić information content (AvgIpc) is 2.89. The van der Waals surface area contributed by atoms with Crippen LogP contribution in [0.4, 0.5) is 20.2 Å². The van der Waals surface area contributed by atoms with E-state index < -0.39 is 17.5 Å². The van der Waals surface area contributed by atoms with Gasteiger partial charge in [-0.1, -0.05) is 0 Å². The third kappa shape index (κ3) is 3.13. The molecule has 2 heterocycles. The Hall–Kier alpha value is -2.96. The van der Waals surface area contributed by atoms with Crippen molar-refractivity contribution in [2.24, 2.45) is 0 Å². The smallest absolute Gasteiger partial charge is 0.275 e. The summed E-state index contributed by atoms with van der Waals surface area (Å²) in [6.07, 6.45) is 3.40. The molecular formula is C16H14F2N4O. The number of hydrogen-bond donors (Lipinski definition) is 1. The van der Waals surface area contributed by atoms with E-state index in [1.165, 1.54) is 0 Å². The van der Waals surface area contributed by atoms with Crippen LogP contribution in [0.5, 0.6) is 0 Å². The van der Waals surface area contributed by atoms with Crippen LogP contribution in [0.3, 0.4) is 0 Å². The molecule has 3 aromatic rings. The first-order chi connectivity index (χ1) is 10.9. The number of benzene rings is 1. The maximum Gasteiger partial charge on any atom is 0.275 e. The fourth-order valence-electron chi connectivity index (χ4n) is 2.18. The number of rotatable bonds is 3. The second kappa shape index (κ2) is 5.68. The van der Waals surface area contributed by atoms with Crippen LogP contribution in [0.1, 0.15) is 10.5 Å². The molecule has 1 aromatic carbocycles. The lowest BCUT2D eigenvalue weighted by Gasteiger charge is -2.11. The number of aromatic nitrogens is 2. The highest BCUT2D eigenvalue weighted by molar-refractivity contribution is 6.03. The number of halogens is 2. The molecule has 0 saturated carbocycles. The molecule has 2 aromatic heterocycles. The quantitative estimate of drug-likeness (QED) is 0.808. The Morgan fingerprint density at radius 2 is 1.83 bits per heavy atom. The number of pyridine rings is 1. The highest BCUT2D eigenvalue weighted by Gasteiger charge is 2.12. The van der Waals surface area contributed by atoms with E-state index in [0.29, 0.717) is 5.65 Å². The van der Waals surface area contributed by atoms with E-state index in [2.05, 4.69) is 10.3 Å². The Balaban J connectivity index is 1.88. The molecule has 23 heavy (non-hydrogen) atoms. The van der Waals surface area contributed by atoms with E-state index >= 15 is 0 Å². The molecule has 0 radical (unpaired) electrons. The molecule has 0 aliphatic rings. The summed E-state index contributed by atoms with van der Waals surface area (Å²) in [5.41, 5.74) is 1.75. The number of anilines is 2. The van der Waals surface area contributed by atoms with Crippen molar-refractivity contribution in [3.8, 4) is 0 Å². The maximum absolute atomic E-state index is 13.2. The second-order valence-corrected chi connectivity index (χ2v) is 5.29. The third-order valence-corrected chi connectivity index (χ3v) is 3.30. The van der Waals surface area contributed by atoms with Gasteiger partial charge in [0.1, 0.15) is 23.0 Å². The number of carbonyl (C=O) groups is 1. The van der Waals surface area contributed by atoms with E-state index in [1.807, 2.05) is 31.3 Å². The summed E-state index contributed by atoms with van der Waals surface area (Å²) in [5, 5.41) is 2.43. The van der Waals surface area contributed by atoms with Crippen LogP contribution in [0, 0.1) is 11.6 Å². The van der Waals surface area contributed by atoms with Gasteiger partial charge in [0, 0.05) is 38.2 Å². The van der Waals surface area contributed by atoms with Crippen molar-refractivity contribution < 1.29 is 13.6 Å². The molecule has 0 spiro atoms. The van der Waals surface area contributed by atoms with Crippen LogP contribution in [0.15, 0.2) is 42.7 Å². The van der Waals surface area contributed by atoms with E-state index in [-0.39, 0.29) is 11.4 Å². The zero-order valence-electron chi connectivity index (χ0n) is 12.5. The van der Waals surface area contributed by atoms with Crippen molar-refractivity contribution >= 4 is 22.9 Å². The molecule has 7 heteroatoms. The van der Waals surface area contributed by atoms with E-state index in [4.69, 9.17) is 0 Å².